The number of aliphatic hydroxyl groups excluding tert-OH is 1. The fourth-order valence-electron chi connectivity index (χ4n) is 7.65. The second-order valence-corrected chi connectivity index (χ2v) is 14.6. The molecule has 2 aromatic rings. The van der Waals surface area contributed by atoms with Crippen molar-refractivity contribution < 1.29 is 52.8 Å². The molecular formula is C39H42N2O11. The predicted molar refractivity (Wildman–Crippen MR) is 183 cm³/mol. The van der Waals surface area contributed by atoms with Crippen molar-refractivity contribution in [3.8, 4) is 0 Å². The Labute approximate surface area is 300 Å². The minimum Gasteiger partial charge on any atom is -0.462 e. The zero-order valence-electron chi connectivity index (χ0n) is 29.1. The van der Waals surface area contributed by atoms with E-state index in [0.29, 0.717) is 43.4 Å². The number of hydrogen-bond acceptors (Lipinski definition) is 11. The third-order valence-corrected chi connectivity index (χ3v) is 10.3. The lowest BCUT2D eigenvalue weighted by Crippen LogP contribution is -2.49. The van der Waals surface area contributed by atoms with E-state index in [1.807, 2.05) is 24.3 Å². The Morgan fingerprint density at radius 3 is 2.52 bits per heavy atom. The Balaban J connectivity index is 1.09. The number of aliphatic hydroxyl groups is 1. The molecule has 3 fully saturated rings. The number of nitrogens with one attached hydrogen (secondary N) is 1. The summed E-state index contributed by atoms with van der Waals surface area (Å²) in [5.74, 6) is -3.63. The predicted octanol–water partition coefficient (Wildman–Crippen LogP) is 2.43. The minimum atomic E-state index is -1.02. The Bertz CT molecular complexity index is 1810. The van der Waals surface area contributed by atoms with Crippen molar-refractivity contribution in [1.29, 1.82) is 0 Å². The first-order valence-electron chi connectivity index (χ1n) is 17.6. The molecule has 52 heavy (non-hydrogen) atoms. The van der Waals surface area contributed by atoms with Crippen LogP contribution in [0.15, 0.2) is 66.3 Å². The van der Waals surface area contributed by atoms with E-state index in [9.17, 15) is 29.1 Å². The summed E-state index contributed by atoms with van der Waals surface area (Å²) < 4.78 is 29.7. The molecule has 13 heteroatoms. The van der Waals surface area contributed by atoms with Crippen molar-refractivity contribution in [3.63, 3.8) is 0 Å². The molecule has 13 nitrogen and oxygen atoms in total. The molecule has 1 spiro atoms. The molecule has 5 aliphatic rings. The van der Waals surface area contributed by atoms with E-state index in [1.165, 1.54) is 17.1 Å². The first-order valence-corrected chi connectivity index (χ1v) is 17.6. The number of esters is 3. The summed E-state index contributed by atoms with van der Waals surface area (Å²) in [6.45, 7) is 3.97. The highest BCUT2D eigenvalue weighted by atomic mass is 16.8. The molecule has 0 aromatic heterocycles. The van der Waals surface area contributed by atoms with Gasteiger partial charge in [-0.2, -0.15) is 0 Å². The van der Waals surface area contributed by atoms with Crippen molar-refractivity contribution in [2.24, 2.45) is 5.41 Å². The van der Waals surface area contributed by atoms with Gasteiger partial charge in [-0.25, -0.2) is 14.4 Å². The molecule has 5 unspecified atom stereocenters. The fourth-order valence-corrected chi connectivity index (χ4v) is 7.65. The topological polar surface area (TPSA) is 167 Å². The number of fused-ring (bicyclic) bond motifs is 2. The average Bonchev–Trinajstić information content (AvgIpc) is 3.91. The molecule has 5 atom stereocenters. The van der Waals surface area contributed by atoms with Crippen LogP contribution in [-0.4, -0.2) is 102 Å². The lowest BCUT2D eigenvalue weighted by molar-refractivity contribution is -0.172. The van der Waals surface area contributed by atoms with Gasteiger partial charge in [-0.15, -0.1) is 0 Å². The second kappa shape index (κ2) is 14.3. The van der Waals surface area contributed by atoms with Crippen LogP contribution in [0.1, 0.15) is 60.2 Å². The van der Waals surface area contributed by atoms with Crippen LogP contribution >= 0.6 is 0 Å². The lowest BCUT2D eigenvalue weighted by Gasteiger charge is -2.32. The summed E-state index contributed by atoms with van der Waals surface area (Å²) in [6.07, 6.45) is 3.30. The van der Waals surface area contributed by atoms with Gasteiger partial charge in [0.15, 0.2) is 5.79 Å². The van der Waals surface area contributed by atoms with Gasteiger partial charge in [-0.1, -0.05) is 50.2 Å². The second-order valence-electron chi connectivity index (χ2n) is 14.6. The molecule has 2 aliphatic carbocycles. The summed E-state index contributed by atoms with van der Waals surface area (Å²) >= 11 is 0. The Morgan fingerprint density at radius 2 is 1.81 bits per heavy atom. The van der Waals surface area contributed by atoms with Crippen LogP contribution in [0.25, 0.3) is 6.08 Å². The quantitative estimate of drug-likeness (QED) is 0.223. The van der Waals surface area contributed by atoms with Gasteiger partial charge in [0.1, 0.15) is 31.0 Å². The highest BCUT2D eigenvalue weighted by Crippen LogP contribution is 2.45. The summed E-state index contributed by atoms with van der Waals surface area (Å²) in [4.78, 5) is 66.7. The number of ether oxygens (including phenoxy) is 5. The minimum absolute atomic E-state index is 0.0466. The van der Waals surface area contributed by atoms with Crippen molar-refractivity contribution in [2.45, 2.75) is 82.2 Å². The van der Waals surface area contributed by atoms with Gasteiger partial charge < -0.3 is 39.0 Å². The van der Waals surface area contributed by atoms with Crippen LogP contribution in [-0.2, 0) is 55.7 Å². The SMILES string of the molecule is CC1(C)COC(=O)C1OC(=O)C=Cc1cccc(C(=O)OC2CC(C(=O)N3CCCC3C(=O)NCCO)=CC3OC4(Cc5ccccc5C4)OC32)c1. The van der Waals surface area contributed by atoms with Gasteiger partial charge >= 0.3 is 17.9 Å². The van der Waals surface area contributed by atoms with E-state index in [4.69, 9.17) is 23.7 Å². The third kappa shape index (κ3) is 7.12. The van der Waals surface area contributed by atoms with E-state index in [-0.39, 0.29) is 43.6 Å². The Morgan fingerprint density at radius 1 is 1.04 bits per heavy atom. The van der Waals surface area contributed by atoms with Crippen molar-refractivity contribution >= 4 is 35.8 Å². The molecule has 274 valence electrons. The van der Waals surface area contributed by atoms with Gasteiger partial charge in [0.05, 0.1) is 12.2 Å². The van der Waals surface area contributed by atoms with Gasteiger partial charge in [0.2, 0.25) is 17.9 Å². The van der Waals surface area contributed by atoms with Gasteiger partial charge in [-0.3, -0.25) is 9.59 Å². The van der Waals surface area contributed by atoms with E-state index in [1.54, 1.807) is 44.2 Å². The van der Waals surface area contributed by atoms with Gasteiger partial charge in [0, 0.05) is 49.4 Å². The number of carbonyl (C=O) groups is 5. The maximum absolute atomic E-state index is 14.0. The van der Waals surface area contributed by atoms with Crippen LogP contribution in [0.3, 0.4) is 0 Å². The van der Waals surface area contributed by atoms with E-state index in [0.717, 1.165) is 11.1 Å². The van der Waals surface area contributed by atoms with E-state index >= 15 is 0 Å². The normalized spacial score (nSPS) is 26.8. The van der Waals surface area contributed by atoms with Gasteiger partial charge in [-0.05, 0) is 53.8 Å². The average molecular weight is 715 g/mol. The summed E-state index contributed by atoms with van der Waals surface area (Å²) in [7, 11) is 0. The lowest BCUT2D eigenvalue weighted by atomic mass is 9.90. The van der Waals surface area contributed by atoms with Crippen LogP contribution in [0, 0.1) is 5.41 Å². The molecule has 2 aromatic carbocycles. The maximum atomic E-state index is 14.0. The number of benzene rings is 2. The van der Waals surface area contributed by atoms with Crippen LogP contribution in [0.5, 0.6) is 0 Å². The van der Waals surface area contributed by atoms with Crippen molar-refractivity contribution in [2.75, 3.05) is 26.3 Å². The molecule has 3 heterocycles. The summed E-state index contributed by atoms with van der Waals surface area (Å²) in [5.41, 5.74) is 2.63. The van der Waals surface area contributed by atoms with Crippen molar-refractivity contribution in [1.82, 2.24) is 10.2 Å². The fraction of sp³-hybridized carbons (Fsp3) is 0.462. The number of nitrogens with zero attached hydrogens (tertiary/aromatic N) is 1. The molecule has 0 radical (unpaired) electrons. The largest absolute Gasteiger partial charge is 0.462 e. The number of carbonyl (C=O) groups excluding carboxylic acids is 5. The molecule has 0 saturated carbocycles. The molecule has 7 rings (SSSR count). The maximum Gasteiger partial charge on any atom is 0.348 e. The standard InChI is InChI=1S/C39H42N2O11/c1-38(2)22-48-37(47)33(38)50-31(43)13-12-23-7-5-10-24(17-23)36(46)49-29-18-27(35(45)41-15-6-11-28(41)34(44)40-14-16-42)19-30-32(29)52-39(51-30)20-25-8-3-4-9-26(25)21-39/h3-5,7-10,12-13,17,19,28-30,32-33,42H,6,11,14-16,18,20-22H2,1-2H3,(H,40,44). The number of likely N-dealkylation sites (tertiary alicyclic amines) is 1. The summed E-state index contributed by atoms with van der Waals surface area (Å²) in [6, 6.07) is 13.8. The number of hydrogen-bond donors (Lipinski definition) is 2. The molecule has 3 aliphatic heterocycles. The smallest absolute Gasteiger partial charge is 0.348 e. The summed E-state index contributed by atoms with van der Waals surface area (Å²) in [5, 5.41) is 11.8. The Hall–Kier alpha value is -4.85. The van der Waals surface area contributed by atoms with Gasteiger partial charge in [0.25, 0.3) is 0 Å². The van der Waals surface area contributed by atoms with E-state index < -0.39 is 59.6 Å². The molecule has 3 saturated heterocycles. The molecule has 2 amide bonds. The number of rotatable bonds is 9. The number of amides is 2. The van der Waals surface area contributed by atoms with Crippen molar-refractivity contribution in [3.05, 3.63) is 88.5 Å². The number of cyclic esters (lactones) is 1. The van der Waals surface area contributed by atoms with Crippen LogP contribution in [0.2, 0.25) is 0 Å². The van der Waals surface area contributed by atoms with Crippen LogP contribution in [0.4, 0.5) is 0 Å². The first-order chi connectivity index (χ1) is 24.9. The zero-order valence-corrected chi connectivity index (χ0v) is 29.1. The monoisotopic (exact) mass is 714 g/mol. The van der Waals surface area contributed by atoms with E-state index in [2.05, 4.69) is 5.32 Å². The zero-order chi connectivity index (χ0) is 36.6. The molecule has 0 bridgehead atoms. The third-order valence-electron chi connectivity index (χ3n) is 10.3. The van der Waals surface area contributed by atoms with Crippen LogP contribution < -0.4 is 5.32 Å². The highest BCUT2D eigenvalue weighted by molar-refractivity contribution is 5.98. The first kappa shape index (κ1) is 35.5. The Kier molecular flexibility index (Phi) is 9.77. The molecule has 2 N–H and O–H groups in total. The highest BCUT2D eigenvalue weighted by Gasteiger charge is 2.55. The molecular weight excluding hydrogens is 672 g/mol.